The third-order valence-electron chi connectivity index (χ3n) is 6.12. The van der Waals surface area contributed by atoms with E-state index in [0.717, 1.165) is 11.4 Å². The fraction of sp³-hybridized carbons (Fsp3) is 0. The van der Waals surface area contributed by atoms with Crippen LogP contribution >= 0.6 is 20.8 Å². The zero-order valence-electron chi connectivity index (χ0n) is 19.2. The van der Waals surface area contributed by atoms with Crippen molar-refractivity contribution in [2.45, 2.75) is 0 Å². The van der Waals surface area contributed by atoms with Crippen molar-refractivity contribution >= 4 is 48.1 Å². The summed E-state index contributed by atoms with van der Waals surface area (Å²) in [5.74, 6) is 0. The molecule has 5 aromatic rings. The Morgan fingerprint density at radius 1 is 0.429 bits per heavy atom. The van der Waals surface area contributed by atoms with Crippen LogP contribution in [0.3, 0.4) is 0 Å². The minimum atomic E-state index is -3.36. The Bertz CT molecular complexity index is 1310. The number of hydrogen-bond acceptors (Lipinski definition) is 1. The van der Waals surface area contributed by atoms with E-state index < -0.39 is 5.31 Å². The first-order valence-electron chi connectivity index (χ1n) is 11.5. The molecule has 0 atom stereocenters. The Kier molecular flexibility index (Phi) is 6.56. The second-order valence-electron chi connectivity index (χ2n) is 8.25. The fourth-order valence-electron chi connectivity index (χ4n) is 4.34. The van der Waals surface area contributed by atoms with Crippen LogP contribution in [0.5, 0.6) is 0 Å². The van der Waals surface area contributed by atoms with E-state index >= 15 is 0 Å². The second kappa shape index (κ2) is 9.93. The molecule has 0 aliphatic heterocycles. The van der Waals surface area contributed by atoms with E-state index in [-0.39, 0.29) is 0 Å². The molecule has 0 N–H and O–H groups in total. The number of nitrogens with zero attached hydrogens (tertiary/aromatic N) is 1. The molecule has 5 rings (SSSR count). The van der Waals surface area contributed by atoms with Gasteiger partial charge in [0, 0.05) is 0 Å². The first-order valence-corrected chi connectivity index (χ1v) is 15.8. The molecule has 0 aromatic heterocycles. The van der Waals surface area contributed by atoms with Gasteiger partial charge in [0.15, 0.2) is 0 Å². The molecule has 35 heavy (non-hydrogen) atoms. The van der Waals surface area contributed by atoms with E-state index in [2.05, 4.69) is 147 Å². The van der Waals surface area contributed by atoms with Gasteiger partial charge in [-0.2, -0.15) is 0 Å². The van der Waals surface area contributed by atoms with Crippen LogP contribution < -0.4 is 20.8 Å². The molecule has 3 heteroatoms. The summed E-state index contributed by atoms with van der Waals surface area (Å²) in [7, 11) is 0. The van der Waals surface area contributed by atoms with Crippen molar-refractivity contribution in [2.24, 2.45) is 0 Å². The summed E-state index contributed by atoms with van der Waals surface area (Å²) in [5.41, 5.74) is 5.93. The average molecular weight is 534 g/mol. The third kappa shape index (κ3) is 4.30. The summed E-state index contributed by atoms with van der Waals surface area (Å²) in [6.07, 6.45) is 0. The summed E-state index contributed by atoms with van der Waals surface area (Å²) < 4.78 is 0. The molecular formula is C32H25BrNP. The van der Waals surface area contributed by atoms with Gasteiger partial charge in [0.1, 0.15) is 0 Å². The van der Waals surface area contributed by atoms with Gasteiger partial charge in [-0.1, -0.05) is 0 Å². The second-order valence-corrected chi connectivity index (χ2v) is 16.3. The SMILES string of the molecule is BrP(C#CN(c1ccccc1)c1ccccc1)(c1ccccc1)(c1ccccc1)c1ccccc1. The predicted molar refractivity (Wildman–Crippen MR) is 157 cm³/mol. The van der Waals surface area contributed by atoms with Crippen LogP contribution in [-0.4, -0.2) is 0 Å². The van der Waals surface area contributed by atoms with Crippen LogP contribution in [0.25, 0.3) is 0 Å². The molecule has 0 aliphatic rings. The quantitative estimate of drug-likeness (QED) is 0.128. The monoisotopic (exact) mass is 533 g/mol. The molecule has 0 aliphatic carbocycles. The van der Waals surface area contributed by atoms with Gasteiger partial charge in [0.05, 0.1) is 0 Å². The van der Waals surface area contributed by atoms with Crippen LogP contribution in [0, 0.1) is 11.7 Å². The molecule has 0 heterocycles. The molecule has 0 saturated heterocycles. The molecule has 0 saturated carbocycles. The molecule has 0 spiro atoms. The van der Waals surface area contributed by atoms with Gasteiger partial charge < -0.3 is 0 Å². The van der Waals surface area contributed by atoms with E-state index in [1.807, 2.05) is 36.4 Å². The summed E-state index contributed by atoms with van der Waals surface area (Å²) in [4.78, 5) is 2.08. The van der Waals surface area contributed by atoms with Crippen LogP contribution in [0.2, 0.25) is 0 Å². The standard InChI is InChI=1S/C32H25BrNP/c33-35(30-20-10-3-11-21-30,31-22-12-4-13-23-31,32-24-14-5-15-25-32)27-26-34(28-16-6-1-7-17-28)29-18-8-2-9-19-29/h1-25H. The number of benzene rings is 5. The topological polar surface area (TPSA) is 3.24 Å². The zero-order chi connectivity index (χ0) is 24.0. The third-order valence-corrected chi connectivity index (χ3v) is 14.7. The van der Waals surface area contributed by atoms with Crippen molar-refractivity contribution in [3.8, 4) is 11.7 Å². The number of halogens is 1. The van der Waals surface area contributed by atoms with Crippen LogP contribution in [0.1, 0.15) is 0 Å². The average Bonchev–Trinajstić information content (AvgIpc) is 2.96. The molecule has 1 nitrogen and oxygen atoms in total. The van der Waals surface area contributed by atoms with Gasteiger partial charge in [-0.25, -0.2) is 0 Å². The maximum absolute atomic E-state index is 4.42. The fourth-order valence-corrected chi connectivity index (χ4v) is 10.5. The van der Waals surface area contributed by atoms with Crippen molar-refractivity contribution in [2.75, 3.05) is 4.90 Å². The maximum atomic E-state index is 4.42. The van der Waals surface area contributed by atoms with Crippen molar-refractivity contribution < 1.29 is 0 Å². The molecule has 0 bridgehead atoms. The van der Waals surface area contributed by atoms with E-state index in [1.54, 1.807) is 0 Å². The summed E-state index contributed by atoms with van der Waals surface area (Å²) in [6, 6.07) is 56.1. The van der Waals surface area contributed by atoms with Crippen molar-refractivity contribution in [3.63, 3.8) is 0 Å². The van der Waals surface area contributed by atoms with Gasteiger partial charge in [-0.3, -0.25) is 0 Å². The zero-order valence-corrected chi connectivity index (χ0v) is 21.7. The van der Waals surface area contributed by atoms with Crippen LogP contribution in [0.15, 0.2) is 152 Å². The van der Waals surface area contributed by atoms with Gasteiger partial charge >= 0.3 is 216 Å². The minimum absolute atomic E-state index is 1.03. The van der Waals surface area contributed by atoms with Crippen molar-refractivity contribution in [3.05, 3.63) is 152 Å². The van der Waals surface area contributed by atoms with Gasteiger partial charge in [-0.15, -0.1) is 0 Å². The number of anilines is 2. The Balaban J connectivity index is 1.85. The number of hydrogen-bond donors (Lipinski definition) is 0. The molecule has 170 valence electrons. The van der Waals surface area contributed by atoms with Gasteiger partial charge in [0.25, 0.3) is 0 Å². The first kappa shape index (κ1) is 23.1. The van der Waals surface area contributed by atoms with Gasteiger partial charge in [0.2, 0.25) is 0 Å². The van der Waals surface area contributed by atoms with Crippen molar-refractivity contribution in [1.82, 2.24) is 0 Å². The summed E-state index contributed by atoms with van der Waals surface area (Å²) >= 11 is 4.42. The molecule has 0 amide bonds. The van der Waals surface area contributed by atoms with E-state index in [1.165, 1.54) is 15.9 Å². The molecule has 0 radical (unpaired) electrons. The molecule has 5 aromatic carbocycles. The molecule has 0 unspecified atom stereocenters. The normalized spacial score (nSPS) is 12.0. The van der Waals surface area contributed by atoms with Crippen LogP contribution in [0.4, 0.5) is 11.4 Å². The Morgan fingerprint density at radius 2 is 0.714 bits per heavy atom. The summed E-state index contributed by atoms with van der Waals surface area (Å²) in [6.45, 7) is 0. The number of para-hydroxylation sites is 2. The van der Waals surface area contributed by atoms with Crippen molar-refractivity contribution in [1.29, 1.82) is 0 Å². The van der Waals surface area contributed by atoms with E-state index in [4.69, 9.17) is 0 Å². The van der Waals surface area contributed by atoms with Crippen LogP contribution in [-0.2, 0) is 0 Å². The predicted octanol–water partition coefficient (Wildman–Crippen LogP) is 7.58. The summed E-state index contributed by atoms with van der Waals surface area (Å²) in [5, 5.41) is 0.149. The van der Waals surface area contributed by atoms with E-state index in [9.17, 15) is 0 Å². The molecule has 0 fully saturated rings. The van der Waals surface area contributed by atoms with E-state index in [0.29, 0.717) is 0 Å². The Labute approximate surface area is 215 Å². The van der Waals surface area contributed by atoms with Gasteiger partial charge in [-0.05, 0) is 0 Å². The molecular weight excluding hydrogens is 509 g/mol. The number of rotatable bonds is 5. The Hall–Kier alpha value is -3.63. The first-order chi connectivity index (χ1) is 17.2. The Morgan fingerprint density at radius 3 is 1.03 bits per heavy atom.